The Kier molecular flexibility index (Phi) is 4.22. The highest BCUT2D eigenvalue weighted by atomic mass is 16.3. The standard InChI is InChI=1S/C15H21N3O/c1-11(2)18(8-3-9-19)14-5-4-12-10-17-7-6-13(12)15(14)16/h4-7,10-11,19H,3,8-9,16H2,1-2H3. The molecule has 4 heteroatoms. The molecule has 0 radical (unpaired) electrons. The normalized spacial score (nSPS) is 11.2. The molecule has 4 nitrogen and oxygen atoms in total. The van der Waals surface area contributed by atoms with Crippen molar-refractivity contribution < 1.29 is 5.11 Å². The number of rotatable bonds is 5. The molecule has 0 unspecified atom stereocenters. The molecule has 0 saturated carbocycles. The number of aliphatic hydroxyl groups is 1. The molecule has 0 atom stereocenters. The molecule has 1 aromatic carbocycles. The first-order valence-corrected chi connectivity index (χ1v) is 6.65. The molecule has 2 rings (SSSR count). The third-order valence-corrected chi connectivity index (χ3v) is 3.33. The van der Waals surface area contributed by atoms with Crippen molar-refractivity contribution in [2.24, 2.45) is 0 Å². The van der Waals surface area contributed by atoms with Crippen molar-refractivity contribution in [2.75, 3.05) is 23.8 Å². The van der Waals surface area contributed by atoms with E-state index in [9.17, 15) is 0 Å². The molecule has 1 heterocycles. The quantitative estimate of drug-likeness (QED) is 0.809. The number of nitrogens with zero attached hydrogens (tertiary/aromatic N) is 2. The molecule has 0 saturated heterocycles. The predicted molar refractivity (Wildman–Crippen MR) is 80.3 cm³/mol. The van der Waals surface area contributed by atoms with Crippen LogP contribution in [-0.4, -0.2) is 29.3 Å². The summed E-state index contributed by atoms with van der Waals surface area (Å²) in [5, 5.41) is 11.1. The van der Waals surface area contributed by atoms with Gasteiger partial charge in [-0.05, 0) is 32.4 Å². The first-order chi connectivity index (χ1) is 9.15. The highest BCUT2D eigenvalue weighted by molar-refractivity contribution is 5.98. The number of pyridine rings is 1. The summed E-state index contributed by atoms with van der Waals surface area (Å²) in [5.41, 5.74) is 8.11. The summed E-state index contributed by atoms with van der Waals surface area (Å²) in [4.78, 5) is 6.34. The zero-order chi connectivity index (χ0) is 13.8. The van der Waals surface area contributed by atoms with Gasteiger partial charge in [-0.15, -0.1) is 0 Å². The minimum Gasteiger partial charge on any atom is -0.397 e. The summed E-state index contributed by atoms with van der Waals surface area (Å²) in [6.07, 6.45) is 4.32. The zero-order valence-electron chi connectivity index (χ0n) is 11.5. The number of hydrogen-bond donors (Lipinski definition) is 2. The van der Waals surface area contributed by atoms with Crippen molar-refractivity contribution in [2.45, 2.75) is 26.3 Å². The molecule has 19 heavy (non-hydrogen) atoms. The molecule has 0 aliphatic rings. The lowest BCUT2D eigenvalue weighted by atomic mass is 10.1. The molecule has 3 N–H and O–H groups in total. The second-order valence-corrected chi connectivity index (χ2v) is 4.96. The lowest BCUT2D eigenvalue weighted by Gasteiger charge is -2.30. The van der Waals surface area contributed by atoms with Crippen LogP contribution in [0.3, 0.4) is 0 Å². The maximum atomic E-state index is 9.02. The summed E-state index contributed by atoms with van der Waals surface area (Å²) in [7, 11) is 0. The van der Waals surface area contributed by atoms with Gasteiger partial charge in [0.25, 0.3) is 0 Å². The lowest BCUT2D eigenvalue weighted by molar-refractivity contribution is 0.288. The van der Waals surface area contributed by atoms with Crippen LogP contribution in [0.25, 0.3) is 10.8 Å². The topological polar surface area (TPSA) is 62.4 Å². The maximum absolute atomic E-state index is 9.02. The molecule has 0 fully saturated rings. The Bertz CT molecular complexity index is 554. The number of anilines is 2. The van der Waals surface area contributed by atoms with Gasteiger partial charge in [0.15, 0.2) is 0 Å². The van der Waals surface area contributed by atoms with Gasteiger partial charge in [0.1, 0.15) is 0 Å². The second-order valence-electron chi connectivity index (χ2n) is 4.96. The molecular weight excluding hydrogens is 238 g/mol. The smallest absolute Gasteiger partial charge is 0.0632 e. The molecule has 0 aliphatic carbocycles. The third-order valence-electron chi connectivity index (χ3n) is 3.33. The number of aromatic nitrogens is 1. The molecular formula is C15H21N3O. The number of hydrogen-bond acceptors (Lipinski definition) is 4. The SMILES string of the molecule is CC(C)N(CCCO)c1ccc2cnccc2c1N. The monoisotopic (exact) mass is 259 g/mol. The van der Waals surface area contributed by atoms with E-state index < -0.39 is 0 Å². The Hall–Kier alpha value is -1.81. The van der Waals surface area contributed by atoms with Crippen LogP contribution in [0, 0.1) is 0 Å². The summed E-state index contributed by atoms with van der Waals surface area (Å²) in [6, 6.07) is 6.37. The van der Waals surface area contributed by atoms with Crippen LogP contribution in [0.4, 0.5) is 11.4 Å². The van der Waals surface area contributed by atoms with Gasteiger partial charge in [0.2, 0.25) is 0 Å². The summed E-state index contributed by atoms with van der Waals surface area (Å²) < 4.78 is 0. The van der Waals surface area contributed by atoms with Crippen LogP contribution < -0.4 is 10.6 Å². The molecule has 0 amide bonds. The van der Waals surface area contributed by atoms with Crippen molar-refractivity contribution in [3.05, 3.63) is 30.6 Å². The van der Waals surface area contributed by atoms with Crippen molar-refractivity contribution in [3.63, 3.8) is 0 Å². The summed E-state index contributed by atoms with van der Waals surface area (Å²) in [5.74, 6) is 0. The van der Waals surface area contributed by atoms with Crippen molar-refractivity contribution in [3.8, 4) is 0 Å². The predicted octanol–water partition coefficient (Wildman–Crippen LogP) is 2.41. The van der Waals surface area contributed by atoms with E-state index in [1.54, 1.807) is 6.20 Å². The molecule has 0 aliphatic heterocycles. The summed E-state index contributed by atoms with van der Waals surface area (Å²) >= 11 is 0. The Morgan fingerprint density at radius 1 is 1.32 bits per heavy atom. The first-order valence-electron chi connectivity index (χ1n) is 6.65. The van der Waals surface area contributed by atoms with E-state index in [0.29, 0.717) is 6.04 Å². The zero-order valence-corrected chi connectivity index (χ0v) is 11.5. The maximum Gasteiger partial charge on any atom is 0.0632 e. The average Bonchev–Trinajstić information content (AvgIpc) is 2.41. The van der Waals surface area contributed by atoms with Crippen LogP contribution in [-0.2, 0) is 0 Å². The van der Waals surface area contributed by atoms with Crippen molar-refractivity contribution >= 4 is 22.1 Å². The molecule has 102 valence electrons. The van der Waals surface area contributed by atoms with E-state index in [2.05, 4.69) is 23.7 Å². The van der Waals surface area contributed by atoms with Gasteiger partial charge < -0.3 is 15.7 Å². The first kappa shape index (κ1) is 13.6. The van der Waals surface area contributed by atoms with Crippen LogP contribution >= 0.6 is 0 Å². The van der Waals surface area contributed by atoms with Gasteiger partial charge in [-0.3, -0.25) is 4.98 Å². The van der Waals surface area contributed by atoms with Gasteiger partial charge >= 0.3 is 0 Å². The highest BCUT2D eigenvalue weighted by Crippen LogP contribution is 2.32. The molecule has 1 aromatic heterocycles. The Balaban J connectivity index is 2.44. The van der Waals surface area contributed by atoms with Gasteiger partial charge in [-0.1, -0.05) is 6.07 Å². The van der Waals surface area contributed by atoms with Crippen LogP contribution in [0.15, 0.2) is 30.6 Å². The van der Waals surface area contributed by atoms with Gasteiger partial charge in [0.05, 0.1) is 11.4 Å². The van der Waals surface area contributed by atoms with Gasteiger partial charge in [0, 0.05) is 42.4 Å². The number of fused-ring (bicyclic) bond motifs is 1. The Labute approximate surface area is 113 Å². The van der Waals surface area contributed by atoms with E-state index in [0.717, 1.165) is 35.1 Å². The van der Waals surface area contributed by atoms with Crippen LogP contribution in [0.1, 0.15) is 20.3 Å². The summed E-state index contributed by atoms with van der Waals surface area (Å²) in [6.45, 7) is 5.26. The van der Waals surface area contributed by atoms with Crippen LogP contribution in [0.5, 0.6) is 0 Å². The lowest BCUT2D eigenvalue weighted by Crippen LogP contribution is -2.32. The molecule has 0 bridgehead atoms. The average molecular weight is 259 g/mol. The van der Waals surface area contributed by atoms with E-state index in [1.165, 1.54) is 0 Å². The number of benzene rings is 1. The number of nitrogen functional groups attached to an aromatic ring is 1. The largest absolute Gasteiger partial charge is 0.397 e. The number of aliphatic hydroxyl groups excluding tert-OH is 1. The number of nitrogens with two attached hydrogens (primary N) is 1. The fraction of sp³-hybridized carbons (Fsp3) is 0.400. The minimum atomic E-state index is 0.195. The Morgan fingerprint density at radius 2 is 2.11 bits per heavy atom. The van der Waals surface area contributed by atoms with E-state index in [-0.39, 0.29) is 6.61 Å². The van der Waals surface area contributed by atoms with Crippen LogP contribution in [0.2, 0.25) is 0 Å². The van der Waals surface area contributed by atoms with Crippen molar-refractivity contribution in [1.29, 1.82) is 0 Å². The fourth-order valence-corrected chi connectivity index (χ4v) is 2.33. The highest BCUT2D eigenvalue weighted by Gasteiger charge is 2.14. The van der Waals surface area contributed by atoms with E-state index in [1.807, 2.05) is 24.4 Å². The van der Waals surface area contributed by atoms with Gasteiger partial charge in [-0.25, -0.2) is 0 Å². The molecule has 0 spiro atoms. The van der Waals surface area contributed by atoms with E-state index in [4.69, 9.17) is 10.8 Å². The third kappa shape index (κ3) is 2.79. The fourth-order valence-electron chi connectivity index (χ4n) is 2.33. The van der Waals surface area contributed by atoms with E-state index >= 15 is 0 Å². The van der Waals surface area contributed by atoms with Gasteiger partial charge in [-0.2, -0.15) is 0 Å². The Morgan fingerprint density at radius 3 is 2.79 bits per heavy atom. The van der Waals surface area contributed by atoms with Crippen molar-refractivity contribution in [1.82, 2.24) is 4.98 Å². The second kappa shape index (κ2) is 5.89. The molecule has 2 aromatic rings. The minimum absolute atomic E-state index is 0.195.